The highest BCUT2D eigenvalue weighted by Crippen LogP contribution is 2.02. The second-order valence-corrected chi connectivity index (χ2v) is 2.84. The van der Waals surface area contributed by atoms with Crippen molar-refractivity contribution in [1.82, 2.24) is 10.2 Å². The number of nitrogens with zero attached hydrogens (tertiary/aromatic N) is 1. The van der Waals surface area contributed by atoms with Crippen molar-refractivity contribution in [3.05, 3.63) is 18.0 Å². The highest BCUT2D eigenvalue weighted by molar-refractivity contribution is 5.36. The lowest BCUT2D eigenvalue weighted by molar-refractivity contribution is -0.128. The molecule has 4 nitrogen and oxygen atoms in total. The fourth-order valence-corrected chi connectivity index (χ4v) is 1.15. The molecule has 0 saturated heterocycles. The highest BCUT2D eigenvalue weighted by Gasteiger charge is 1.94. The van der Waals surface area contributed by atoms with Crippen LogP contribution in [0.1, 0.15) is 25.0 Å². The summed E-state index contributed by atoms with van der Waals surface area (Å²) in [5.41, 5.74) is 1.09. The summed E-state index contributed by atoms with van der Waals surface area (Å²) >= 11 is 0. The molecule has 0 aromatic carbocycles. The molecule has 0 radical (unpaired) electrons. The number of ether oxygens (including phenoxy) is 1. The third-order valence-corrected chi connectivity index (χ3v) is 1.82. The van der Waals surface area contributed by atoms with Crippen LogP contribution in [0.3, 0.4) is 0 Å². The van der Waals surface area contributed by atoms with E-state index in [-0.39, 0.29) is 0 Å². The first-order valence-corrected chi connectivity index (χ1v) is 4.47. The summed E-state index contributed by atoms with van der Waals surface area (Å²) in [6.45, 7) is 1.03. The molecule has 1 aromatic heterocycles. The molecule has 0 fully saturated rings. The van der Waals surface area contributed by atoms with Gasteiger partial charge >= 0.3 is 0 Å². The molecule has 1 heterocycles. The predicted molar refractivity (Wildman–Crippen MR) is 48.2 cm³/mol. The summed E-state index contributed by atoms with van der Waals surface area (Å²) in [4.78, 5) is 9.79. The Morgan fingerprint density at radius 1 is 1.46 bits per heavy atom. The first-order valence-electron chi connectivity index (χ1n) is 4.47. The molecule has 1 rings (SSSR count). The molecule has 0 amide bonds. The summed E-state index contributed by atoms with van der Waals surface area (Å²) in [6.07, 6.45) is 5.91. The molecule has 0 bridgehead atoms. The van der Waals surface area contributed by atoms with Gasteiger partial charge in [-0.2, -0.15) is 5.10 Å². The topological polar surface area (TPSA) is 55.0 Å². The minimum atomic E-state index is 0.494. The lowest BCUT2D eigenvalue weighted by Gasteiger charge is -1.98. The Morgan fingerprint density at radius 3 is 3.08 bits per heavy atom. The van der Waals surface area contributed by atoms with Gasteiger partial charge in [0, 0.05) is 6.20 Å². The van der Waals surface area contributed by atoms with Crippen LogP contribution in [0.2, 0.25) is 0 Å². The van der Waals surface area contributed by atoms with Gasteiger partial charge in [-0.25, -0.2) is 0 Å². The average Bonchev–Trinajstić information content (AvgIpc) is 2.63. The molecule has 0 saturated carbocycles. The van der Waals surface area contributed by atoms with E-state index in [4.69, 9.17) is 0 Å². The van der Waals surface area contributed by atoms with Gasteiger partial charge in [-0.1, -0.05) is 0 Å². The molecule has 72 valence electrons. The molecule has 13 heavy (non-hydrogen) atoms. The third kappa shape index (κ3) is 4.30. The third-order valence-electron chi connectivity index (χ3n) is 1.82. The van der Waals surface area contributed by atoms with Crippen molar-refractivity contribution in [2.24, 2.45) is 0 Å². The number of aromatic nitrogens is 2. The molecule has 0 atom stereocenters. The van der Waals surface area contributed by atoms with E-state index in [0.29, 0.717) is 13.1 Å². The van der Waals surface area contributed by atoms with Gasteiger partial charge in [0.25, 0.3) is 6.47 Å². The number of carbonyl (C=O) groups excluding carboxylic acids is 1. The molecular weight excluding hydrogens is 168 g/mol. The van der Waals surface area contributed by atoms with E-state index in [1.54, 1.807) is 0 Å². The van der Waals surface area contributed by atoms with Crippen molar-refractivity contribution in [2.45, 2.75) is 25.7 Å². The van der Waals surface area contributed by atoms with Gasteiger partial charge in [0.1, 0.15) is 0 Å². The maximum absolute atomic E-state index is 9.79. The molecule has 1 N–H and O–H groups in total. The van der Waals surface area contributed by atoms with Crippen LogP contribution in [0.25, 0.3) is 0 Å². The zero-order chi connectivity index (χ0) is 9.36. The fourth-order valence-electron chi connectivity index (χ4n) is 1.15. The van der Waals surface area contributed by atoms with Crippen LogP contribution in [0.15, 0.2) is 12.3 Å². The molecule has 0 spiro atoms. The first-order chi connectivity index (χ1) is 6.43. The van der Waals surface area contributed by atoms with Gasteiger partial charge in [-0.05, 0) is 31.7 Å². The number of hydrogen-bond acceptors (Lipinski definition) is 3. The van der Waals surface area contributed by atoms with Crippen LogP contribution in [-0.4, -0.2) is 23.3 Å². The van der Waals surface area contributed by atoms with Gasteiger partial charge in [0.2, 0.25) is 0 Å². The predicted octanol–water partition coefficient (Wildman–Crippen LogP) is 1.30. The van der Waals surface area contributed by atoms with E-state index in [0.717, 1.165) is 31.4 Å². The smallest absolute Gasteiger partial charge is 0.293 e. The van der Waals surface area contributed by atoms with E-state index < -0.39 is 0 Å². The van der Waals surface area contributed by atoms with Crippen molar-refractivity contribution in [2.75, 3.05) is 6.61 Å². The minimum absolute atomic E-state index is 0.494. The Labute approximate surface area is 77.3 Å². The summed E-state index contributed by atoms with van der Waals surface area (Å²) in [5, 5.41) is 6.81. The van der Waals surface area contributed by atoms with E-state index >= 15 is 0 Å². The van der Waals surface area contributed by atoms with E-state index in [1.807, 2.05) is 12.3 Å². The van der Waals surface area contributed by atoms with E-state index in [2.05, 4.69) is 14.9 Å². The second kappa shape index (κ2) is 6.22. The Kier molecular flexibility index (Phi) is 4.68. The van der Waals surface area contributed by atoms with E-state index in [9.17, 15) is 4.79 Å². The number of aromatic amines is 1. The maximum atomic E-state index is 9.79. The number of unbranched alkanes of at least 4 members (excludes halogenated alkanes) is 2. The van der Waals surface area contributed by atoms with Gasteiger partial charge < -0.3 is 4.74 Å². The number of hydrogen-bond donors (Lipinski definition) is 1. The molecule has 0 aliphatic rings. The lowest BCUT2D eigenvalue weighted by Crippen LogP contribution is -1.92. The molecule has 1 aromatic rings. The van der Waals surface area contributed by atoms with Crippen LogP contribution in [-0.2, 0) is 16.0 Å². The SMILES string of the molecule is O=COCCCCCc1cc[nH]n1. The molecule has 4 heteroatoms. The number of aryl methyl sites for hydroxylation is 1. The maximum Gasteiger partial charge on any atom is 0.293 e. The van der Waals surface area contributed by atoms with Gasteiger partial charge in [0.15, 0.2) is 0 Å². The second-order valence-electron chi connectivity index (χ2n) is 2.84. The summed E-state index contributed by atoms with van der Waals surface area (Å²) in [6, 6.07) is 1.97. The molecule has 0 aliphatic carbocycles. The van der Waals surface area contributed by atoms with Crippen LogP contribution < -0.4 is 0 Å². The highest BCUT2D eigenvalue weighted by atomic mass is 16.5. The fraction of sp³-hybridized carbons (Fsp3) is 0.556. The average molecular weight is 182 g/mol. The van der Waals surface area contributed by atoms with Gasteiger partial charge in [-0.3, -0.25) is 9.89 Å². The Balaban J connectivity index is 1.93. The zero-order valence-corrected chi connectivity index (χ0v) is 7.53. The van der Waals surface area contributed by atoms with Crippen LogP contribution in [0.4, 0.5) is 0 Å². The van der Waals surface area contributed by atoms with Crippen LogP contribution in [0, 0.1) is 0 Å². The normalized spacial score (nSPS) is 9.85. The van der Waals surface area contributed by atoms with Crippen molar-refractivity contribution in [3.8, 4) is 0 Å². The standard InChI is InChI=1S/C9H14N2O2/c12-8-13-7-3-1-2-4-9-5-6-10-11-9/h5-6,8H,1-4,7H2,(H,10,11). The minimum Gasteiger partial charge on any atom is -0.468 e. The number of rotatable bonds is 7. The van der Waals surface area contributed by atoms with Crippen molar-refractivity contribution >= 4 is 6.47 Å². The van der Waals surface area contributed by atoms with Crippen LogP contribution >= 0.6 is 0 Å². The zero-order valence-electron chi connectivity index (χ0n) is 7.53. The number of nitrogens with one attached hydrogen (secondary N) is 1. The largest absolute Gasteiger partial charge is 0.468 e. The summed E-state index contributed by atoms with van der Waals surface area (Å²) in [7, 11) is 0. The molecule has 0 unspecified atom stereocenters. The van der Waals surface area contributed by atoms with E-state index in [1.165, 1.54) is 0 Å². The van der Waals surface area contributed by atoms with Gasteiger partial charge in [0.05, 0.1) is 12.3 Å². The Bertz CT molecular complexity index is 222. The Morgan fingerprint density at radius 2 is 2.38 bits per heavy atom. The first kappa shape index (κ1) is 9.77. The van der Waals surface area contributed by atoms with Crippen molar-refractivity contribution < 1.29 is 9.53 Å². The number of carbonyl (C=O) groups is 1. The lowest BCUT2D eigenvalue weighted by atomic mass is 10.1. The quantitative estimate of drug-likeness (QED) is 0.510. The monoisotopic (exact) mass is 182 g/mol. The van der Waals surface area contributed by atoms with Crippen molar-refractivity contribution in [1.29, 1.82) is 0 Å². The Hall–Kier alpha value is -1.32. The molecular formula is C9H14N2O2. The van der Waals surface area contributed by atoms with Crippen LogP contribution in [0.5, 0.6) is 0 Å². The number of H-pyrrole nitrogens is 1. The molecule has 0 aliphatic heterocycles. The van der Waals surface area contributed by atoms with Crippen molar-refractivity contribution in [3.63, 3.8) is 0 Å². The summed E-state index contributed by atoms with van der Waals surface area (Å²) < 4.78 is 4.57. The van der Waals surface area contributed by atoms with Gasteiger partial charge in [-0.15, -0.1) is 0 Å². The summed E-state index contributed by atoms with van der Waals surface area (Å²) in [5.74, 6) is 0.